The van der Waals surface area contributed by atoms with Crippen LogP contribution in [0.15, 0.2) is 16.8 Å². The molecule has 3 rings (SSSR count). The molecule has 0 aliphatic carbocycles. The number of carbonyl (C=O) groups excluding carboxylic acids is 1. The minimum absolute atomic E-state index is 0.0671. The molecular formula is C12H12N4OS2. The average molecular weight is 292 g/mol. The van der Waals surface area contributed by atoms with Crippen LogP contribution in [0.2, 0.25) is 0 Å². The molecule has 3 aromatic heterocycles. The molecule has 0 spiro atoms. The molecule has 0 saturated heterocycles. The van der Waals surface area contributed by atoms with Gasteiger partial charge < -0.3 is 5.32 Å². The molecule has 0 saturated carbocycles. The van der Waals surface area contributed by atoms with Gasteiger partial charge in [0.2, 0.25) is 4.96 Å². The lowest BCUT2D eigenvalue weighted by Crippen LogP contribution is -2.23. The maximum atomic E-state index is 11.9. The van der Waals surface area contributed by atoms with Crippen LogP contribution in [0, 0.1) is 13.8 Å². The number of rotatable bonds is 3. The zero-order valence-corrected chi connectivity index (χ0v) is 12.1. The second kappa shape index (κ2) is 4.75. The lowest BCUT2D eigenvalue weighted by atomic mass is 10.3. The van der Waals surface area contributed by atoms with Gasteiger partial charge in [-0.1, -0.05) is 11.3 Å². The number of aryl methyl sites for hydroxylation is 2. The van der Waals surface area contributed by atoms with Crippen LogP contribution in [-0.4, -0.2) is 20.5 Å². The number of hydrogen-bond acceptors (Lipinski definition) is 5. The van der Waals surface area contributed by atoms with Gasteiger partial charge in [-0.15, -0.1) is 0 Å². The molecule has 98 valence electrons. The SMILES string of the molecule is Cc1nn2c(CNC(=O)c3ccsc3)c(C)nc2s1. The van der Waals surface area contributed by atoms with Crippen molar-refractivity contribution in [2.75, 3.05) is 0 Å². The van der Waals surface area contributed by atoms with Gasteiger partial charge >= 0.3 is 0 Å². The smallest absolute Gasteiger partial charge is 0.252 e. The quantitative estimate of drug-likeness (QED) is 0.806. The molecule has 3 aromatic rings. The van der Waals surface area contributed by atoms with E-state index in [-0.39, 0.29) is 5.91 Å². The van der Waals surface area contributed by atoms with Crippen molar-refractivity contribution in [3.05, 3.63) is 38.8 Å². The van der Waals surface area contributed by atoms with E-state index in [2.05, 4.69) is 15.4 Å². The summed E-state index contributed by atoms with van der Waals surface area (Å²) in [5.41, 5.74) is 2.53. The van der Waals surface area contributed by atoms with Crippen molar-refractivity contribution in [1.82, 2.24) is 19.9 Å². The Morgan fingerprint density at radius 3 is 3.05 bits per heavy atom. The van der Waals surface area contributed by atoms with E-state index in [0.29, 0.717) is 12.1 Å². The van der Waals surface area contributed by atoms with E-state index in [4.69, 9.17) is 0 Å². The van der Waals surface area contributed by atoms with Crippen molar-refractivity contribution >= 4 is 33.5 Å². The van der Waals surface area contributed by atoms with E-state index in [1.165, 1.54) is 11.3 Å². The number of nitrogens with zero attached hydrogens (tertiary/aromatic N) is 3. The van der Waals surface area contributed by atoms with Crippen molar-refractivity contribution < 1.29 is 4.79 Å². The summed E-state index contributed by atoms with van der Waals surface area (Å²) >= 11 is 3.06. The summed E-state index contributed by atoms with van der Waals surface area (Å²) in [4.78, 5) is 17.2. The maximum Gasteiger partial charge on any atom is 0.252 e. The van der Waals surface area contributed by atoms with Gasteiger partial charge in [0.1, 0.15) is 5.01 Å². The Bertz CT molecular complexity index is 726. The van der Waals surface area contributed by atoms with Gasteiger partial charge in [0, 0.05) is 10.9 Å². The van der Waals surface area contributed by atoms with E-state index in [0.717, 1.165) is 21.4 Å². The first-order chi connectivity index (χ1) is 9.15. The summed E-state index contributed by atoms with van der Waals surface area (Å²) in [7, 11) is 0. The summed E-state index contributed by atoms with van der Waals surface area (Å²) in [6.45, 7) is 4.32. The largest absolute Gasteiger partial charge is 0.346 e. The van der Waals surface area contributed by atoms with Crippen molar-refractivity contribution in [3.63, 3.8) is 0 Å². The van der Waals surface area contributed by atoms with E-state index < -0.39 is 0 Å². The number of amides is 1. The van der Waals surface area contributed by atoms with Crippen molar-refractivity contribution in [2.24, 2.45) is 0 Å². The lowest BCUT2D eigenvalue weighted by Gasteiger charge is -2.03. The predicted molar refractivity (Wildman–Crippen MR) is 75.8 cm³/mol. The Hall–Kier alpha value is -1.73. The molecule has 0 aliphatic rings. The third-order valence-electron chi connectivity index (χ3n) is 2.80. The van der Waals surface area contributed by atoms with Crippen molar-refractivity contribution in [1.29, 1.82) is 0 Å². The molecule has 5 nitrogen and oxygen atoms in total. The molecule has 0 fully saturated rings. The first-order valence-electron chi connectivity index (χ1n) is 5.77. The van der Waals surface area contributed by atoms with Gasteiger partial charge in [0.15, 0.2) is 0 Å². The summed E-state index contributed by atoms with van der Waals surface area (Å²) in [6.07, 6.45) is 0. The molecule has 0 radical (unpaired) electrons. The number of nitrogens with one attached hydrogen (secondary N) is 1. The van der Waals surface area contributed by atoms with Crippen LogP contribution in [0.25, 0.3) is 4.96 Å². The molecule has 0 aliphatic heterocycles. The topological polar surface area (TPSA) is 59.3 Å². The normalized spacial score (nSPS) is 11.1. The second-order valence-electron chi connectivity index (χ2n) is 4.15. The lowest BCUT2D eigenvalue weighted by molar-refractivity contribution is 0.0950. The van der Waals surface area contributed by atoms with Crippen molar-refractivity contribution in [2.45, 2.75) is 20.4 Å². The van der Waals surface area contributed by atoms with Gasteiger partial charge in [0.25, 0.3) is 5.91 Å². The van der Waals surface area contributed by atoms with Gasteiger partial charge in [-0.25, -0.2) is 9.50 Å². The zero-order chi connectivity index (χ0) is 13.4. The zero-order valence-electron chi connectivity index (χ0n) is 10.5. The van der Waals surface area contributed by atoms with Gasteiger partial charge in [0.05, 0.1) is 17.9 Å². The Balaban J connectivity index is 1.81. The van der Waals surface area contributed by atoms with Crippen LogP contribution in [0.4, 0.5) is 0 Å². The van der Waals surface area contributed by atoms with Crippen LogP contribution in [-0.2, 0) is 6.54 Å². The number of carbonyl (C=O) groups is 1. The van der Waals surface area contributed by atoms with E-state index in [1.807, 2.05) is 35.2 Å². The molecule has 1 amide bonds. The fourth-order valence-electron chi connectivity index (χ4n) is 1.85. The van der Waals surface area contributed by atoms with Crippen LogP contribution in [0.5, 0.6) is 0 Å². The second-order valence-corrected chi connectivity index (χ2v) is 6.09. The van der Waals surface area contributed by atoms with Crippen LogP contribution >= 0.6 is 22.7 Å². The summed E-state index contributed by atoms with van der Waals surface area (Å²) < 4.78 is 1.81. The highest BCUT2D eigenvalue weighted by Gasteiger charge is 2.14. The molecule has 0 bridgehead atoms. The summed E-state index contributed by atoms with van der Waals surface area (Å²) in [6, 6.07) is 1.81. The monoisotopic (exact) mass is 292 g/mol. The van der Waals surface area contributed by atoms with E-state index >= 15 is 0 Å². The predicted octanol–water partition coefficient (Wildman–Crippen LogP) is 2.40. The summed E-state index contributed by atoms with van der Waals surface area (Å²) in [5.74, 6) is -0.0671. The Morgan fingerprint density at radius 1 is 1.47 bits per heavy atom. The number of thiophene rings is 1. The molecule has 0 unspecified atom stereocenters. The first kappa shape index (κ1) is 12.3. The number of fused-ring (bicyclic) bond motifs is 1. The highest BCUT2D eigenvalue weighted by atomic mass is 32.1. The highest BCUT2D eigenvalue weighted by molar-refractivity contribution is 7.16. The average Bonchev–Trinajstić information content (AvgIpc) is 3.03. The number of imidazole rings is 1. The third-order valence-corrected chi connectivity index (χ3v) is 4.30. The number of aromatic nitrogens is 3. The van der Waals surface area contributed by atoms with Gasteiger partial charge in [-0.3, -0.25) is 4.79 Å². The molecule has 7 heteroatoms. The van der Waals surface area contributed by atoms with Crippen LogP contribution < -0.4 is 5.32 Å². The minimum atomic E-state index is -0.0671. The van der Waals surface area contributed by atoms with Gasteiger partial charge in [-0.2, -0.15) is 16.4 Å². The molecule has 19 heavy (non-hydrogen) atoms. The molecule has 3 heterocycles. The van der Waals surface area contributed by atoms with Crippen LogP contribution in [0.3, 0.4) is 0 Å². The standard InChI is InChI=1S/C12H12N4OS2/c1-7-10(16-12(14-7)19-8(2)15-16)5-13-11(17)9-3-4-18-6-9/h3-4,6H,5H2,1-2H3,(H,13,17). The number of hydrogen-bond donors (Lipinski definition) is 1. The summed E-state index contributed by atoms with van der Waals surface area (Å²) in [5, 5.41) is 12.0. The molecular weight excluding hydrogens is 280 g/mol. The fourth-order valence-corrected chi connectivity index (χ4v) is 3.29. The van der Waals surface area contributed by atoms with E-state index in [1.54, 1.807) is 11.3 Å². The fraction of sp³-hybridized carbons (Fsp3) is 0.250. The maximum absolute atomic E-state index is 11.9. The van der Waals surface area contributed by atoms with Crippen molar-refractivity contribution in [3.8, 4) is 0 Å². The first-order valence-corrected chi connectivity index (χ1v) is 7.53. The van der Waals surface area contributed by atoms with Crippen LogP contribution in [0.1, 0.15) is 26.8 Å². The molecule has 1 N–H and O–H groups in total. The highest BCUT2D eigenvalue weighted by Crippen LogP contribution is 2.17. The van der Waals surface area contributed by atoms with E-state index in [9.17, 15) is 4.79 Å². The molecule has 0 atom stereocenters. The third kappa shape index (κ3) is 2.26. The minimum Gasteiger partial charge on any atom is -0.346 e. The Kier molecular flexibility index (Phi) is 3.08. The molecule has 0 aromatic carbocycles. The Morgan fingerprint density at radius 2 is 2.32 bits per heavy atom. The Labute approximate surface area is 117 Å². The van der Waals surface area contributed by atoms with Gasteiger partial charge in [-0.05, 0) is 25.3 Å².